The van der Waals surface area contributed by atoms with E-state index in [-0.39, 0.29) is 6.04 Å². The molecule has 0 spiro atoms. The normalized spacial score (nSPS) is 12.0. The van der Waals surface area contributed by atoms with Gasteiger partial charge in [-0.05, 0) is 56.3 Å². The standard InChI is InChI=1S/C18H23NO2/c1-4-20-15-9-11-16(12-10-15)21-13-18(19-3)17-8-6-5-7-14(17)2/h5-12,18-19H,4,13H2,1-3H3. The van der Waals surface area contributed by atoms with Gasteiger partial charge in [0.15, 0.2) is 0 Å². The topological polar surface area (TPSA) is 30.5 Å². The number of aryl methyl sites for hydroxylation is 1. The smallest absolute Gasteiger partial charge is 0.119 e. The van der Waals surface area contributed by atoms with Gasteiger partial charge in [0.25, 0.3) is 0 Å². The fourth-order valence-electron chi connectivity index (χ4n) is 2.28. The Morgan fingerprint density at radius 3 is 2.14 bits per heavy atom. The van der Waals surface area contributed by atoms with Gasteiger partial charge in [-0.3, -0.25) is 0 Å². The van der Waals surface area contributed by atoms with Crippen molar-refractivity contribution in [3.63, 3.8) is 0 Å². The zero-order valence-electron chi connectivity index (χ0n) is 12.9. The molecule has 112 valence electrons. The molecule has 2 aromatic carbocycles. The van der Waals surface area contributed by atoms with Crippen molar-refractivity contribution in [1.82, 2.24) is 5.32 Å². The highest BCUT2D eigenvalue weighted by atomic mass is 16.5. The highest BCUT2D eigenvalue weighted by Crippen LogP contribution is 2.21. The largest absolute Gasteiger partial charge is 0.494 e. The predicted octanol–water partition coefficient (Wildman–Crippen LogP) is 3.73. The summed E-state index contributed by atoms with van der Waals surface area (Å²) < 4.78 is 11.3. The maximum absolute atomic E-state index is 5.88. The molecule has 0 bridgehead atoms. The van der Waals surface area contributed by atoms with Crippen molar-refractivity contribution in [2.75, 3.05) is 20.3 Å². The van der Waals surface area contributed by atoms with Crippen LogP contribution in [0.3, 0.4) is 0 Å². The van der Waals surface area contributed by atoms with E-state index in [4.69, 9.17) is 9.47 Å². The van der Waals surface area contributed by atoms with Crippen molar-refractivity contribution >= 4 is 0 Å². The van der Waals surface area contributed by atoms with Crippen LogP contribution in [0.15, 0.2) is 48.5 Å². The van der Waals surface area contributed by atoms with Crippen LogP contribution in [0, 0.1) is 6.92 Å². The van der Waals surface area contributed by atoms with E-state index >= 15 is 0 Å². The van der Waals surface area contributed by atoms with Crippen LogP contribution in [-0.4, -0.2) is 20.3 Å². The first kappa shape index (κ1) is 15.4. The van der Waals surface area contributed by atoms with E-state index in [1.54, 1.807) is 0 Å². The van der Waals surface area contributed by atoms with E-state index in [2.05, 4.69) is 36.5 Å². The summed E-state index contributed by atoms with van der Waals surface area (Å²) in [6.07, 6.45) is 0. The Labute approximate surface area is 126 Å². The summed E-state index contributed by atoms with van der Waals surface area (Å²) in [7, 11) is 1.96. The van der Waals surface area contributed by atoms with Gasteiger partial charge in [-0.25, -0.2) is 0 Å². The molecule has 0 aromatic heterocycles. The predicted molar refractivity (Wildman–Crippen MR) is 86.1 cm³/mol. The average molecular weight is 285 g/mol. The highest BCUT2D eigenvalue weighted by Gasteiger charge is 2.12. The van der Waals surface area contributed by atoms with Crippen LogP contribution in [0.5, 0.6) is 11.5 Å². The van der Waals surface area contributed by atoms with Crippen molar-refractivity contribution < 1.29 is 9.47 Å². The Kier molecular flexibility index (Phi) is 5.64. The Morgan fingerprint density at radius 1 is 0.952 bits per heavy atom. The lowest BCUT2D eigenvalue weighted by Gasteiger charge is -2.19. The summed E-state index contributed by atoms with van der Waals surface area (Å²) in [6.45, 7) is 5.37. The third-order valence-electron chi connectivity index (χ3n) is 3.46. The molecule has 0 aliphatic rings. The Balaban J connectivity index is 1.98. The number of hydrogen-bond donors (Lipinski definition) is 1. The van der Waals surface area contributed by atoms with E-state index in [9.17, 15) is 0 Å². The first-order chi connectivity index (χ1) is 10.2. The number of likely N-dealkylation sites (N-methyl/N-ethyl adjacent to an activating group) is 1. The molecule has 1 N–H and O–H groups in total. The minimum absolute atomic E-state index is 0.178. The molecule has 0 radical (unpaired) electrons. The molecule has 1 atom stereocenters. The molecule has 0 fully saturated rings. The van der Waals surface area contributed by atoms with Gasteiger partial charge in [0.2, 0.25) is 0 Å². The molecule has 0 aliphatic heterocycles. The van der Waals surface area contributed by atoms with Gasteiger partial charge in [-0.2, -0.15) is 0 Å². The summed E-state index contributed by atoms with van der Waals surface area (Å²) in [5.41, 5.74) is 2.54. The first-order valence-corrected chi connectivity index (χ1v) is 7.33. The second kappa shape index (κ2) is 7.70. The minimum atomic E-state index is 0.178. The van der Waals surface area contributed by atoms with Crippen LogP contribution < -0.4 is 14.8 Å². The number of ether oxygens (including phenoxy) is 2. The van der Waals surface area contributed by atoms with Gasteiger partial charge in [0.05, 0.1) is 12.6 Å². The van der Waals surface area contributed by atoms with Crippen LogP contribution in [0.1, 0.15) is 24.1 Å². The number of benzene rings is 2. The van der Waals surface area contributed by atoms with E-state index in [1.165, 1.54) is 11.1 Å². The molecule has 0 saturated heterocycles. The number of rotatable bonds is 7. The zero-order valence-corrected chi connectivity index (χ0v) is 12.9. The quantitative estimate of drug-likeness (QED) is 0.840. The maximum Gasteiger partial charge on any atom is 0.119 e. The average Bonchev–Trinajstić information content (AvgIpc) is 2.51. The molecule has 0 saturated carbocycles. The van der Waals surface area contributed by atoms with Crippen LogP contribution in [0.2, 0.25) is 0 Å². The Bertz CT molecular complexity index is 551. The van der Waals surface area contributed by atoms with E-state index in [0.717, 1.165) is 11.5 Å². The first-order valence-electron chi connectivity index (χ1n) is 7.33. The third kappa shape index (κ3) is 4.23. The summed E-state index contributed by atoms with van der Waals surface area (Å²) in [6, 6.07) is 16.3. The van der Waals surface area contributed by atoms with E-state index in [0.29, 0.717) is 13.2 Å². The van der Waals surface area contributed by atoms with Gasteiger partial charge in [-0.1, -0.05) is 24.3 Å². The highest BCUT2D eigenvalue weighted by molar-refractivity contribution is 5.32. The van der Waals surface area contributed by atoms with Gasteiger partial charge in [0.1, 0.15) is 18.1 Å². The fourth-order valence-corrected chi connectivity index (χ4v) is 2.28. The maximum atomic E-state index is 5.88. The monoisotopic (exact) mass is 285 g/mol. The molecule has 2 aromatic rings. The molecule has 1 unspecified atom stereocenters. The van der Waals surface area contributed by atoms with Crippen molar-refractivity contribution in [2.24, 2.45) is 0 Å². The SMILES string of the molecule is CCOc1ccc(OCC(NC)c2ccccc2C)cc1. The molecule has 21 heavy (non-hydrogen) atoms. The van der Waals surface area contributed by atoms with Crippen molar-refractivity contribution in [1.29, 1.82) is 0 Å². The van der Waals surface area contributed by atoms with Crippen molar-refractivity contribution in [2.45, 2.75) is 19.9 Å². The molecule has 2 rings (SSSR count). The van der Waals surface area contributed by atoms with Gasteiger partial charge >= 0.3 is 0 Å². The number of hydrogen-bond acceptors (Lipinski definition) is 3. The van der Waals surface area contributed by atoms with Crippen molar-refractivity contribution in [3.8, 4) is 11.5 Å². The van der Waals surface area contributed by atoms with Gasteiger partial charge in [-0.15, -0.1) is 0 Å². The molecule has 0 aliphatic carbocycles. The molecular weight excluding hydrogens is 262 g/mol. The van der Waals surface area contributed by atoms with Gasteiger partial charge < -0.3 is 14.8 Å². The molecular formula is C18H23NO2. The van der Waals surface area contributed by atoms with Gasteiger partial charge in [0, 0.05) is 0 Å². The summed E-state index contributed by atoms with van der Waals surface area (Å²) in [4.78, 5) is 0. The lowest BCUT2D eigenvalue weighted by Crippen LogP contribution is -2.24. The molecule has 3 heteroatoms. The lowest BCUT2D eigenvalue weighted by atomic mass is 10.0. The Hall–Kier alpha value is -2.00. The number of nitrogens with one attached hydrogen (secondary N) is 1. The molecule has 0 amide bonds. The van der Waals surface area contributed by atoms with Crippen LogP contribution in [0.4, 0.5) is 0 Å². The third-order valence-corrected chi connectivity index (χ3v) is 3.46. The summed E-state index contributed by atoms with van der Waals surface area (Å²) >= 11 is 0. The lowest BCUT2D eigenvalue weighted by molar-refractivity contribution is 0.272. The second-order valence-electron chi connectivity index (χ2n) is 4.91. The van der Waals surface area contributed by atoms with E-state index in [1.807, 2.05) is 38.2 Å². The van der Waals surface area contributed by atoms with E-state index < -0.39 is 0 Å². The fraction of sp³-hybridized carbons (Fsp3) is 0.333. The summed E-state index contributed by atoms with van der Waals surface area (Å²) in [5, 5.41) is 3.31. The Morgan fingerprint density at radius 2 is 1.57 bits per heavy atom. The molecule has 0 heterocycles. The minimum Gasteiger partial charge on any atom is -0.494 e. The van der Waals surface area contributed by atoms with Crippen LogP contribution >= 0.6 is 0 Å². The van der Waals surface area contributed by atoms with Crippen LogP contribution in [0.25, 0.3) is 0 Å². The molecule has 3 nitrogen and oxygen atoms in total. The van der Waals surface area contributed by atoms with Crippen molar-refractivity contribution in [3.05, 3.63) is 59.7 Å². The second-order valence-corrected chi connectivity index (χ2v) is 4.91. The summed E-state index contributed by atoms with van der Waals surface area (Å²) in [5.74, 6) is 1.72. The van der Waals surface area contributed by atoms with Crippen LogP contribution in [-0.2, 0) is 0 Å². The zero-order chi connectivity index (χ0) is 15.1.